The van der Waals surface area contributed by atoms with Crippen molar-refractivity contribution >= 4 is 29.1 Å². The molecule has 3 atom stereocenters. The zero-order valence-corrected chi connectivity index (χ0v) is 23.5. The number of rotatable bonds is 5. The first kappa shape index (κ1) is 26.0. The van der Waals surface area contributed by atoms with Gasteiger partial charge in [0, 0.05) is 28.3 Å². The van der Waals surface area contributed by atoms with Gasteiger partial charge in [0.25, 0.3) is 0 Å². The molecule has 7 rings (SSSR count). The number of fused-ring (bicyclic) bond motifs is 5. The Bertz CT molecular complexity index is 1790. The number of hydrogen-bond acceptors (Lipinski definition) is 6. The second kappa shape index (κ2) is 9.55. The SMILES string of the molecule is COc1cccc(C(=O)[C@@H]2[C@@H](c3cccc(OC)c3)C3(C(=O)c4ccccc4C3=O)C3C=Cc4cc(C)ccc4N32)c1. The van der Waals surface area contributed by atoms with E-state index in [9.17, 15) is 14.4 Å². The number of benzene rings is 4. The smallest absolute Gasteiger partial charge is 0.186 e. The Balaban J connectivity index is 1.55. The third kappa shape index (κ3) is 3.48. The van der Waals surface area contributed by atoms with Crippen LogP contribution >= 0.6 is 0 Å². The molecule has 1 spiro atoms. The maximum Gasteiger partial charge on any atom is 0.186 e. The third-order valence-electron chi connectivity index (χ3n) is 9.04. The van der Waals surface area contributed by atoms with Gasteiger partial charge in [-0.3, -0.25) is 14.4 Å². The number of carbonyl (C=O) groups is 3. The molecule has 2 heterocycles. The Morgan fingerprint density at radius 3 is 2.14 bits per heavy atom. The largest absolute Gasteiger partial charge is 0.497 e. The van der Waals surface area contributed by atoms with Gasteiger partial charge in [-0.25, -0.2) is 0 Å². The molecule has 0 N–H and O–H groups in total. The Kier molecular flexibility index (Phi) is 5.91. The minimum absolute atomic E-state index is 0.193. The van der Waals surface area contributed by atoms with Crippen LogP contribution in [0.5, 0.6) is 11.5 Å². The molecular formula is C36H29NO5. The third-order valence-corrected chi connectivity index (χ3v) is 9.04. The number of anilines is 1. The van der Waals surface area contributed by atoms with Gasteiger partial charge in [0.15, 0.2) is 17.3 Å². The lowest BCUT2D eigenvalue weighted by molar-refractivity contribution is 0.0665. The van der Waals surface area contributed by atoms with Crippen molar-refractivity contribution < 1.29 is 23.9 Å². The lowest BCUT2D eigenvalue weighted by atomic mass is 9.64. The summed E-state index contributed by atoms with van der Waals surface area (Å²) in [6.07, 6.45) is 3.92. The van der Waals surface area contributed by atoms with Gasteiger partial charge in [0.2, 0.25) is 0 Å². The predicted molar refractivity (Wildman–Crippen MR) is 161 cm³/mol. The Labute approximate surface area is 244 Å². The van der Waals surface area contributed by atoms with Crippen LogP contribution in [0.1, 0.15) is 53.7 Å². The molecule has 42 heavy (non-hydrogen) atoms. The summed E-state index contributed by atoms with van der Waals surface area (Å²) in [5.74, 6) is -0.373. The molecule has 6 nitrogen and oxygen atoms in total. The standard InChI is InChI=1S/C36H29NO5/c1-21-14-16-29-22(18-21)15-17-30-36(34(39)27-12-4-5-13-28(27)35(36)40)31(23-8-6-10-25(19-23)41-2)32(37(29)30)33(38)24-9-7-11-26(20-24)42-3/h4-20,30-32H,1-3H3/t30?,31-,32+/m1/s1. The highest BCUT2D eigenvalue weighted by Gasteiger charge is 2.71. The molecule has 0 aromatic heterocycles. The van der Waals surface area contributed by atoms with E-state index < -0.39 is 23.4 Å². The number of hydrogen-bond donors (Lipinski definition) is 0. The molecule has 2 aliphatic heterocycles. The van der Waals surface area contributed by atoms with Crippen LogP contribution in [0.25, 0.3) is 6.08 Å². The summed E-state index contributed by atoms with van der Waals surface area (Å²) in [6.45, 7) is 2.02. The van der Waals surface area contributed by atoms with E-state index in [1.54, 1.807) is 62.8 Å². The van der Waals surface area contributed by atoms with Gasteiger partial charge in [-0.1, -0.05) is 72.3 Å². The highest BCUT2D eigenvalue weighted by atomic mass is 16.5. The molecule has 1 aliphatic carbocycles. The average molecular weight is 556 g/mol. The molecule has 0 radical (unpaired) electrons. The van der Waals surface area contributed by atoms with Crippen LogP contribution in [0.2, 0.25) is 0 Å². The summed E-state index contributed by atoms with van der Waals surface area (Å²) < 4.78 is 11.0. The summed E-state index contributed by atoms with van der Waals surface area (Å²) in [7, 11) is 3.14. The fourth-order valence-electron chi connectivity index (χ4n) is 7.25. The van der Waals surface area contributed by atoms with Crippen LogP contribution < -0.4 is 14.4 Å². The number of Topliss-reactive ketones (excluding diaryl/α,β-unsaturated/α-hetero) is 3. The summed E-state index contributed by atoms with van der Waals surface area (Å²) in [5, 5.41) is 0. The molecule has 0 saturated carbocycles. The maximum atomic E-state index is 14.8. The molecule has 0 amide bonds. The molecule has 6 heteroatoms. The minimum atomic E-state index is -1.56. The van der Waals surface area contributed by atoms with Crippen molar-refractivity contribution in [3.05, 3.63) is 130 Å². The average Bonchev–Trinajstić information content (AvgIpc) is 3.46. The molecule has 1 saturated heterocycles. The van der Waals surface area contributed by atoms with Crippen LogP contribution in [0.15, 0.2) is 97.1 Å². The quantitative estimate of drug-likeness (QED) is 0.212. The van der Waals surface area contributed by atoms with Gasteiger partial charge >= 0.3 is 0 Å². The van der Waals surface area contributed by atoms with Crippen molar-refractivity contribution in [2.45, 2.75) is 24.9 Å². The summed E-state index contributed by atoms with van der Waals surface area (Å²) in [4.78, 5) is 46.4. The maximum absolute atomic E-state index is 14.8. The minimum Gasteiger partial charge on any atom is -0.497 e. The first-order valence-corrected chi connectivity index (χ1v) is 14.0. The van der Waals surface area contributed by atoms with E-state index in [0.29, 0.717) is 33.8 Å². The van der Waals surface area contributed by atoms with Gasteiger partial charge in [-0.2, -0.15) is 0 Å². The van der Waals surface area contributed by atoms with Crippen molar-refractivity contribution in [1.82, 2.24) is 0 Å². The molecule has 4 aromatic carbocycles. The highest BCUT2D eigenvalue weighted by Crippen LogP contribution is 2.61. The van der Waals surface area contributed by atoms with Crippen molar-refractivity contribution in [2.24, 2.45) is 5.41 Å². The first-order chi connectivity index (χ1) is 20.4. The van der Waals surface area contributed by atoms with Crippen molar-refractivity contribution in [1.29, 1.82) is 0 Å². The number of ketones is 3. The number of carbonyl (C=O) groups excluding carboxylic acids is 3. The van der Waals surface area contributed by atoms with Gasteiger partial charge < -0.3 is 14.4 Å². The van der Waals surface area contributed by atoms with E-state index in [-0.39, 0.29) is 17.3 Å². The van der Waals surface area contributed by atoms with Gasteiger partial charge in [-0.05, 0) is 54.4 Å². The predicted octanol–water partition coefficient (Wildman–Crippen LogP) is 6.33. The fraction of sp³-hybridized carbons (Fsp3) is 0.194. The van der Waals surface area contributed by atoms with Crippen LogP contribution in [0.3, 0.4) is 0 Å². The van der Waals surface area contributed by atoms with Crippen molar-refractivity contribution in [3.63, 3.8) is 0 Å². The second-order valence-electron chi connectivity index (χ2n) is 11.1. The van der Waals surface area contributed by atoms with Crippen LogP contribution in [0, 0.1) is 12.3 Å². The van der Waals surface area contributed by atoms with E-state index >= 15 is 0 Å². The molecule has 1 fully saturated rings. The Hall–Kier alpha value is -4.97. The lowest BCUT2D eigenvalue weighted by Gasteiger charge is -2.37. The van der Waals surface area contributed by atoms with Crippen molar-refractivity contribution in [2.75, 3.05) is 19.1 Å². The van der Waals surface area contributed by atoms with Gasteiger partial charge in [0.1, 0.15) is 23.0 Å². The van der Waals surface area contributed by atoms with Crippen LogP contribution in [0.4, 0.5) is 5.69 Å². The summed E-state index contributed by atoms with van der Waals surface area (Å²) >= 11 is 0. The zero-order valence-electron chi connectivity index (χ0n) is 23.5. The number of nitrogens with zero attached hydrogens (tertiary/aromatic N) is 1. The normalized spacial score (nSPS) is 21.2. The van der Waals surface area contributed by atoms with E-state index in [4.69, 9.17) is 9.47 Å². The molecule has 4 aromatic rings. The van der Waals surface area contributed by atoms with Gasteiger partial charge in [0.05, 0.1) is 20.3 Å². The van der Waals surface area contributed by atoms with E-state index in [1.807, 2.05) is 60.4 Å². The Morgan fingerprint density at radius 2 is 1.45 bits per heavy atom. The van der Waals surface area contributed by atoms with Gasteiger partial charge in [-0.15, -0.1) is 0 Å². The van der Waals surface area contributed by atoms with E-state index in [1.165, 1.54) is 0 Å². The van der Waals surface area contributed by atoms with E-state index in [2.05, 4.69) is 6.07 Å². The second-order valence-corrected chi connectivity index (χ2v) is 11.1. The molecule has 0 bridgehead atoms. The number of methoxy groups -OCH3 is 2. The van der Waals surface area contributed by atoms with Crippen molar-refractivity contribution in [3.8, 4) is 11.5 Å². The number of ether oxygens (including phenoxy) is 2. The van der Waals surface area contributed by atoms with Crippen LogP contribution in [-0.4, -0.2) is 43.7 Å². The van der Waals surface area contributed by atoms with Crippen LogP contribution in [-0.2, 0) is 0 Å². The fourth-order valence-corrected chi connectivity index (χ4v) is 7.25. The Morgan fingerprint density at radius 1 is 0.786 bits per heavy atom. The highest BCUT2D eigenvalue weighted by molar-refractivity contribution is 6.32. The topological polar surface area (TPSA) is 72.9 Å². The molecule has 3 aliphatic rings. The van der Waals surface area contributed by atoms with E-state index in [0.717, 1.165) is 16.8 Å². The summed E-state index contributed by atoms with van der Waals surface area (Å²) in [6, 6.07) is 26.0. The summed E-state index contributed by atoms with van der Waals surface area (Å²) in [5.41, 5.74) is 3.20. The molecule has 1 unspecified atom stereocenters. The zero-order chi connectivity index (χ0) is 29.2. The molecule has 208 valence electrons. The lowest BCUT2D eigenvalue weighted by Crippen LogP contribution is -2.48. The monoisotopic (exact) mass is 555 g/mol. The molecular weight excluding hydrogens is 526 g/mol. The number of aryl methyl sites for hydroxylation is 1. The first-order valence-electron chi connectivity index (χ1n) is 14.0.